The molecule has 0 bridgehead atoms. The van der Waals surface area contributed by atoms with Crippen molar-refractivity contribution in [1.29, 1.82) is 0 Å². The Morgan fingerprint density at radius 1 is 1.29 bits per heavy atom. The molecule has 1 saturated heterocycles. The Kier molecular flexibility index (Phi) is 4.82. The summed E-state index contributed by atoms with van der Waals surface area (Å²) < 4.78 is 10.6. The van der Waals surface area contributed by atoms with E-state index in [-0.39, 0.29) is 5.92 Å². The van der Waals surface area contributed by atoms with E-state index in [9.17, 15) is 4.79 Å². The Hall–Kier alpha value is -0.650. The van der Waals surface area contributed by atoms with Gasteiger partial charge in [0.05, 0.1) is 6.61 Å². The summed E-state index contributed by atoms with van der Waals surface area (Å²) in [6.07, 6.45) is 5.06. The Balaban J connectivity index is 1.62. The highest BCUT2D eigenvalue weighted by molar-refractivity contribution is 5.79. The van der Waals surface area contributed by atoms with Crippen molar-refractivity contribution in [1.82, 2.24) is 4.90 Å². The lowest BCUT2D eigenvalue weighted by Gasteiger charge is -2.37. The number of hydrogen-bond acceptors (Lipinski definition) is 4. The van der Waals surface area contributed by atoms with E-state index in [2.05, 4.69) is 4.90 Å². The predicted molar refractivity (Wildman–Crippen MR) is 79.7 cm³/mol. The fourth-order valence-electron chi connectivity index (χ4n) is 4.38. The van der Waals surface area contributed by atoms with Crippen LogP contribution in [0, 0.1) is 17.8 Å². The molecule has 5 nitrogen and oxygen atoms in total. The van der Waals surface area contributed by atoms with Crippen LogP contribution in [0.5, 0.6) is 0 Å². The van der Waals surface area contributed by atoms with E-state index in [0.29, 0.717) is 43.0 Å². The molecular weight excluding hydrogens is 268 g/mol. The minimum atomic E-state index is 0.188. The zero-order chi connectivity index (χ0) is 14.8. The number of nitrogens with zero attached hydrogens (tertiary/aromatic N) is 1. The van der Waals surface area contributed by atoms with Crippen molar-refractivity contribution in [2.24, 2.45) is 23.5 Å². The number of fused-ring (bicyclic) bond motifs is 1. The third kappa shape index (κ3) is 3.10. The Bertz CT molecular complexity index is 371. The van der Waals surface area contributed by atoms with E-state index >= 15 is 0 Å². The van der Waals surface area contributed by atoms with Gasteiger partial charge >= 0.3 is 0 Å². The summed E-state index contributed by atoms with van der Waals surface area (Å²) in [6.45, 7) is 2.85. The molecule has 0 aromatic heterocycles. The molecule has 21 heavy (non-hydrogen) atoms. The lowest BCUT2D eigenvalue weighted by atomic mass is 9.72. The highest BCUT2D eigenvalue weighted by atomic mass is 16.5. The standard InChI is InChI=1S/C16H28N2O3/c1-20-7-4-18(13-2-5-21-6-3-13)16(19)12-8-11-10-15(17)14(11)9-12/h11-15H,2-10,17H2,1H3. The monoisotopic (exact) mass is 296 g/mol. The van der Waals surface area contributed by atoms with Gasteiger partial charge in [0.15, 0.2) is 0 Å². The Labute approximate surface area is 127 Å². The van der Waals surface area contributed by atoms with Gasteiger partial charge in [0.25, 0.3) is 0 Å². The lowest BCUT2D eigenvalue weighted by Crippen LogP contribution is -2.47. The quantitative estimate of drug-likeness (QED) is 0.822. The molecule has 5 heteroatoms. The number of ether oxygens (including phenoxy) is 2. The number of nitrogens with two attached hydrogens (primary N) is 1. The molecule has 0 aromatic rings. The third-order valence-corrected chi connectivity index (χ3v) is 5.67. The zero-order valence-electron chi connectivity index (χ0n) is 13.0. The van der Waals surface area contributed by atoms with Crippen LogP contribution < -0.4 is 5.73 Å². The highest BCUT2D eigenvalue weighted by Crippen LogP contribution is 2.49. The summed E-state index contributed by atoms with van der Waals surface area (Å²) in [6, 6.07) is 0.664. The number of amides is 1. The average Bonchev–Trinajstić information content (AvgIpc) is 2.86. The van der Waals surface area contributed by atoms with Crippen LogP contribution in [-0.2, 0) is 14.3 Å². The SMILES string of the molecule is COCCN(C(=O)C1CC2CC(N)C2C1)C1CCOCC1. The van der Waals surface area contributed by atoms with Gasteiger partial charge in [-0.3, -0.25) is 4.79 Å². The van der Waals surface area contributed by atoms with Gasteiger partial charge in [-0.1, -0.05) is 0 Å². The van der Waals surface area contributed by atoms with E-state index in [1.54, 1.807) is 7.11 Å². The normalized spacial score (nSPS) is 36.1. The van der Waals surface area contributed by atoms with Crippen molar-refractivity contribution in [2.75, 3.05) is 33.5 Å². The maximum atomic E-state index is 13.0. The second kappa shape index (κ2) is 6.63. The molecule has 0 spiro atoms. The lowest BCUT2D eigenvalue weighted by molar-refractivity contribution is -0.140. The molecule has 120 valence electrons. The maximum absolute atomic E-state index is 13.0. The van der Waals surface area contributed by atoms with E-state index in [1.807, 2.05) is 0 Å². The molecule has 2 aliphatic carbocycles. The first-order valence-corrected chi connectivity index (χ1v) is 8.33. The molecule has 3 aliphatic rings. The molecule has 4 unspecified atom stereocenters. The van der Waals surface area contributed by atoms with Gasteiger partial charge in [0, 0.05) is 44.9 Å². The smallest absolute Gasteiger partial charge is 0.226 e. The topological polar surface area (TPSA) is 64.8 Å². The molecule has 2 saturated carbocycles. The molecule has 1 aliphatic heterocycles. The molecule has 3 fully saturated rings. The Morgan fingerprint density at radius 3 is 2.67 bits per heavy atom. The van der Waals surface area contributed by atoms with Crippen molar-refractivity contribution in [3.8, 4) is 0 Å². The number of carbonyl (C=O) groups is 1. The molecule has 1 amide bonds. The Morgan fingerprint density at radius 2 is 2.05 bits per heavy atom. The van der Waals surface area contributed by atoms with Crippen molar-refractivity contribution >= 4 is 5.91 Å². The van der Waals surface area contributed by atoms with E-state index in [1.165, 1.54) is 0 Å². The predicted octanol–water partition coefficient (Wildman–Crippen LogP) is 1.01. The fourth-order valence-corrected chi connectivity index (χ4v) is 4.38. The van der Waals surface area contributed by atoms with Crippen LogP contribution in [-0.4, -0.2) is 56.4 Å². The largest absolute Gasteiger partial charge is 0.383 e. The van der Waals surface area contributed by atoms with Crippen molar-refractivity contribution in [2.45, 2.75) is 44.2 Å². The summed E-state index contributed by atoms with van der Waals surface area (Å²) in [5.41, 5.74) is 6.06. The van der Waals surface area contributed by atoms with Crippen LogP contribution in [0.4, 0.5) is 0 Å². The second-order valence-electron chi connectivity index (χ2n) is 6.86. The number of hydrogen-bond donors (Lipinski definition) is 1. The van der Waals surface area contributed by atoms with Gasteiger partial charge in [-0.15, -0.1) is 0 Å². The van der Waals surface area contributed by atoms with Crippen molar-refractivity contribution in [3.05, 3.63) is 0 Å². The fraction of sp³-hybridized carbons (Fsp3) is 0.938. The van der Waals surface area contributed by atoms with Crippen LogP contribution in [0.15, 0.2) is 0 Å². The van der Waals surface area contributed by atoms with Crippen molar-refractivity contribution < 1.29 is 14.3 Å². The molecule has 2 N–H and O–H groups in total. The van der Waals surface area contributed by atoms with E-state index in [4.69, 9.17) is 15.2 Å². The highest BCUT2D eigenvalue weighted by Gasteiger charge is 2.48. The first-order chi connectivity index (χ1) is 10.2. The van der Waals surface area contributed by atoms with Gasteiger partial charge in [-0.25, -0.2) is 0 Å². The minimum Gasteiger partial charge on any atom is -0.383 e. The third-order valence-electron chi connectivity index (χ3n) is 5.67. The first-order valence-electron chi connectivity index (χ1n) is 8.33. The zero-order valence-corrected chi connectivity index (χ0v) is 13.0. The number of methoxy groups -OCH3 is 1. The van der Waals surface area contributed by atoms with Crippen LogP contribution in [0.2, 0.25) is 0 Å². The molecule has 3 rings (SSSR count). The van der Waals surface area contributed by atoms with E-state index in [0.717, 1.165) is 45.3 Å². The second-order valence-corrected chi connectivity index (χ2v) is 6.86. The van der Waals surface area contributed by atoms with Gasteiger partial charge in [0.1, 0.15) is 0 Å². The van der Waals surface area contributed by atoms with Crippen LogP contribution in [0.3, 0.4) is 0 Å². The minimum absolute atomic E-state index is 0.188. The van der Waals surface area contributed by atoms with Crippen LogP contribution in [0.25, 0.3) is 0 Å². The molecule has 1 heterocycles. The summed E-state index contributed by atoms with van der Waals surface area (Å²) in [5.74, 6) is 1.82. The maximum Gasteiger partial charge on any atom is 0.226 e. The first kappa shape index (κ1) is 15.3. The van der Waals surface area contributed by atoms with Crippen LogP contribution >= 0.6 is 0 Å². The molecule has 0 aromatic carbocycles. The number of carbonyl (C=O) groups excluding carboxylic acids is 1. The number of rotatable bonds is 5. The molecule has 4 atom stereocenters. The van der Waals surface area contributed by atoms with Gasteiger partial charge in [-0.2, -0.15) is 0 Å². The molecule has 0 radical (unpaired) electrons. The average molecular weight is 296 g/mol. The van der Waals surface area contributed by atoms with Gasteiger partial charge in [0.2, 0.25) is 5.91 Å². The van der Waals surface area contributed by atoms with Gasteiger partial charge in [-0.05, 0) is 43.9 Å². The summed E-state index contributed by atoms with van der Waals surface area (Å²) in [4.78, 5) is 15.0. The van der Waals surface area contributed by atoms with Crippen LogP contribution in [0.1, 0.15) is 32.1 Å². The summed E-state index contributed by atoms with van der Waals surface area (Å²) >= 11 is 0. The summed E-state index contributed by atoms with van der Waals surface area (Å²) in [7, 11) is 1.70. The van der Waals surface area contributed by atoms with E-state index < -0.39 is 0 Å². The van der Waals surface area contributed by atoms with Crippen molar-refractivity contribution in [3.63, 3.8) is 0 Å². The summed E-state index contributed by atoms with van der Waals surface area (Å²) in [5, 5.41) is 0. The van der Waals surface area contributed by atoms with Gasteiger partial charge < -0.3 is 20.1 Å². The molecular formula is C16H28N2O3.